The number of benzene rings is 2. The van der Waals surface area contributed by atoms with E-state index in [-0.39, 0.29) is 12.5 Å². The van der Waals surface area contributed by atoms with Gasteiger partial charge in [-0.3, -0.25) is 4.79 Å². The van der Waals surface area contributed by atoms with Gasteiger partial charge in [-0.15, -0.1) is 0 Å². The normalized spacial score (nSPS) is 10.4. The Morgan fingerprint density at radius 1 is 1.08 bits per heavy atom. The lowest BCUT2D eigenvalue weighted by Gasteiger charge is -2.14. The Balaban J connectivity index is 2.01. The van der Waals surface area contributed by atoms with Crippen molar-refractivity contribution in [2.75, 3.05) is 32.2 Å². The van der Waals surface area contributed by atoms with Gasteiger partial charge in [-0.25, -0.2) is 0 Å². The summed E-state index contributed by atoms with van der Waals surface area (Å²) in [5.41, 5.74) is 2.47. The summed E-state index contributed by atoms with van der Waals surface area (Å²) in [6.07, 6.45) is 0. The van der Waals surface area contributed by atoms with Crippen molar-refractivity contribution in [2.24, 2.45) is 0 Å². The largest absolute Gasteiger partial charge is 0.489 e. The van der Waals surface area contributed by atoms with Gasteiger partial charge in [-0.2, -0.15) is 0 Å². The van der Waals surface area contributed by atoms with E-state index in [0.717, 1.165) is 16.9 Å². The van der Waals surface area contributed by atoms with Crippen molar-refractivity contribution in [1.29, 1.82) is 0 Å². The van der Waals surface area contributed by atoms with E-state index in [0.29, 0.717) is 29.7 Å². The van der Waals surface area contributed by atoms with Crippen LogP contribution in [0.4, 0.5) is 5.69 Å². The van der Waals surface area contributed by atoms with Crippen LogP contribution < -0.4 is 14.8 Å². The van der Waals surface area contributed by atoms with Crippen molar-refractivity contribution in [2.45, 2.75) is 13.8 Å². The third kappa shape index (κ3) is 5.66. The highest BCUT2D eigenvalue weighted by Crippen LogP contribution is 2.28. The lowest BCUT2D eigenvalue weighted by atomic mass is 10.1. The van der Waals surface area contributed by atoms with Crippen molar-refractivity contribution in [1.82, 2.24) is 0 Å². The van der Waals surface area contributed by atoms with Crippen molar-refractivity contribution >= 4 is 23.2 Å². The minimum absolute atomic E-state index is 0.101. The van der Waals surface area contributed by atoms with Crippen LogP contribution in [0.1, 0.15) is 11.1 Å². The van der Waals surface area contributed by atoms with Gasteiger partial charge in [-0.1, -0.05) is 29.8 Å². The first-order chi connectivity index (χ1) is 12.0. The standard InChI is InChI=1S/C19H22ClNO4/c1-13-5-4-6-14(2)19(13)25-12-18(22)21-16-11-15(20)7-8-17(16)24-10-9-23-3/h4-8,11H,9-10,12H2,1-3H3,(H,21,22). The highest BCUT2D eigenvalue weighted by molar-refractivity contribution is 6.31. The van der Waals surface area contributed by atoms with Crippen LogP contribution in [0.15, 0.2) is 36.4 Å². The lowest BCUT2D eigenvalue weighted by Crippen LogP contribution is -2.21. The molecule has 1 amide bonds. The lowest BCUT2D eigenvalue weighted by molar-refractivity contribution is -0.118. The summed E-state index contributed by atoms with van der Waals surface area (Å²) in [5.74, 6) is 0.962. The molecule has 0 fully saturated rings. The molecule has 0 atom stereocenters. The third-order valence-corrected chi connectivity index (χ3v) is 3.75. The molecule has 6 heteroatoms. The fraction of sp³-hybridized carbons (Fsp3) is 0.316. The first-order valence-corrected chi connectivity index (χ1v) is 8.29. The quantitative estimate of drug-likeness (QED) is 0.720. The van der Waals surface area contributed by atoms with E-state index in [1.165, 1.54) is 0 Å². The topological polar surface area (TPSA) is 56.8 Å². The molecule has 134 valence electrons. The van der Waals surface area contributed by atoms with Crippen LogP contribution in [-0.4, -0.2) is 32.8 Å². The van der Waals surface area contributed by atoms with Crippen molar-refractivity contribution in [3.05, 3.63) is 52.5 Å². The fourth-order valence-electron chi connectivity index (χ4n) is 2.31. The van der Waals surface area contributed by atoms with Crippen LogP contribution in [0.3, 0.4) is 0 Å². The molecule has 0 heterocycles. The van der Waals surface area contributed by atoms with Gasteiger partial charge < -0.3 is 19.5 Å². The summed E-state index contributed by atoms with van der Waals surface area (Å²) < 4.78 is 16.2. The molecule has 0 radical (unpaired) electrons. The van der Waals surface area contributed by atoms with Gasteiger partial charge in [0.25, 0.3) is 5.91 Å². The number of carbonyl (C=O) groups is 1. The maximum absolute atomic E-state index is 12.2. The fourth-order valence-corrected chi connectivity index (χ4v) is 2.48. The Labute approximate surface area is 152 Å². The molecule has 0 bridgehead atoms. The number of anilines is 1. The first kappa shape index (κ1) is 19.1. The highest BCUT2D eigenvalue weighted by Gasteiger charge is 2.11. The number of ether oxygens (including phenoxy) is 3. The number of carbonyl (C=O) groups excluding carboxylic acids is 1. The molecule has 25 heavy (non-hydrogen) atoms. The van der Waals surface area contributed by atoms with E-state index in [2.05, 4.69) is 5.32 Å². The maximum Gasteiger partial charge on any atom is 0.262 e. The van der Waals surface area contributed by atoms with Crippen LogP contribution in [-0.2, 0) is 9.53 Å². The Hall–Kier alpha value is -2.24. The molecule has 0 unspecified atom stereocenters. The summed E-state index contributed by atoms with van der Waals surface area (Å²) in [4.78, 5) is 12.2. The molecule has 0 aliphatic carbocycles. The molecule has 1 N–H and O–H groups in total. The first-order valence-electron chi connectivity index (χ1n) is 7.91. The van der Waals surface area contributed by atoms with E-state index in [1.54, 1.807) is 25.3 Å². The summed E-state index contributed by atoms with van der Waals surface area (Å²) in [6, 6.07) is 10.9. The number of nitrogens with one attached hydrogen (secondary N) is 1. The van der Waals surface area contributed by atoms with Crippen LogP contribution in [0.25, 0.3) is 0 Å². The maximum atomic E-state index is 12.2. The van der Waals surface area contributed by atoms with Gasteiger partial charge in [0.1, 0.15) is 18.1 Å². The molecule has 5 nitrogen and oxygen atoms in total. The number of aryl methyl sites for hydroxylation is 2. The molecule has 2 rings (SSSR count). The van der Waals surface area contributed by atoms with Gasteiger partial charge in [0.2, 0.25) is 0 Å². The molecule has 0 aliphatic rings. The Kier molecular flexibility index (Phi) is 7.10. The number of hydrogen-bond donors (Lipinski definition) is 1. The molecule has 0 spiro atoms. The number of methoxy groups -OCH3 is 1. The smallest absolute Gasteiger partial charge is 0.262 e. The minimum Gasteiger partial charge on any atom is -0.489 e. The second-order valence-corrected chi connectivity index (χ2v) is 5.98. The Bertz CT molecular complexity index is 713. The Morgan fingerprint density at radius 3 is 2.48 bits per heavy atom. The molecule has 0 saturated carbocycles. The van der Waals surface area contributed by atoms with Crippen LogP contribution in [0.2, 0.25) is 5.02 Å². The van der Waals surface area contributed by atoms with Crippen LogP contribution in [0, 0.1) is 13.8 Å². The van der Waals surface area contributed by atoms with Crippen LogP contribution in [0.5, 0.6) is 11.5 Å². The zero-order valence-corrected chi connectivity index (χ0v) is 15.4. The number of halogens is 1. The van der Waals surface area contributed by atoms with Gasteiger partial charge in [0.15, 0.2) is 6.61 Å². The molecular formula is C19H22ClNO4. The molecule has 0 aromatic heterocycles. The zero-order valence-electron chi connectivity index (χ0n) is 14.6. The van der Waals surface area contributed by atoms with Crippen molar-refractivity contribution < 1.29 is 19.0 Å². The summed E-state index contributed by atoms with van der Waals surface area (Å²) >= 11 is 6.01. The summed E-state index contributed by atoms with van der Waals surface area (Å²) in [7, 11) is 1.60. The van der Waals surface area contributed by atoms with Gasteiger partial charge in [0.05, 0.1) is 12.3 Å². The number of rotatable bonds is 8. The van der Waals surface area contributed by atoms with Gasteiger partial charge in [0, 0.05) is 12.1 Å². The van der Waals surface area contributed by atoms with E-state index in [4.69, 9.17) is 25.8 Å². The van der Waals surface area contributed by atoms with Gasteiger partial charge in [-0.05, 0) is 43.2 Å². The third-order valence-electron chi connectivity index (χ3n) is 3.52. The second-order valence-electron chi connectivity index (χ2n) is 5.54. The SMILES string of the molecule is COCCOc1ccc(Cl)cc1NC(=O)COc1c(C)cccc1C. The number of amides is 1. The zero-order chi connectivity index (χ0) is 18.2. The molecule has 0 aliphatic heterocycles. The molecule has 0 saturated heterocycles. The molecule has 2 aromatic rings. The monoisotopic (exact) mass is 363 g/mol. The van der Waals surface area contributed by atoms with E-state index >= 15 is 0 Å². The molecule has 2 aromatic carbocycles. The summed E-state index contributed by atoms with van der Waals surface area (Å²) in [5, 5.41) is 3.28. The Morgan fingerprint density at radius 2 is 1.80 bits per heavy atom. The van der Waals surface area contributed by atoms with E-state index < -0.39 is 0 Å². The second kappa shape index (κ2) is 9.30. The van der Waals surface area contributed by atoms with E-state index in [9.17, 15) is 4.79 Å². The predicted molar refractivity (Wildman–Crippen MR) is 98.9 cm³/mol. The molecular weight excluding hydrogens is 342 g/mol. The minimum atomic E-state index is -0.290. The highest BCUT2D eigenvalue weighted by atomic mass is 35.5. The van der Waals surface area contributed by atoms with Gasteiger partial charge >= 0.3 is 0 Å². The average molecular weight is 364 g/mol. The number of para-hydroxylation sites is 1. The van der Waals surface area contributed by atoms with E-state index in [1.807, 2.05) is 32.0 Å². The summed E-state index contributed by atoms with van der Waals surface area (Å²) in [6.45, 7) is 4.61. The van der Waals surface area contributed by atoms with Crippen LogP contribution >= 0.6 is 11.6 Å². The number of hydrogen-bond acceptors (Lipinski definition) is 4. The van der Waals surface area contributed by atoms with Crippen molar-refractivity contribution in [3.8, 4) is 11.5 Å². The van der Waals surface area contributed by atoms with Crippen molar-refractivity contribution in [3.63, 3.8) is 0 Å². The average Bonchev–Trinajstić information content (AvgIpc) is 2.56. The predicted octanol–water partition coefficient (Wildman–Crippen LogP) is 4.00.